The molecule has 0 radical (unpaired) electrons. The van der Waals surface area contributed by atoms with Gasteiger partial charge in [-0.1, -0.05) is 11.6 Å². The van der Waals surface area contributed by atoms with Crippen LogP contribution in [0.15, 0.2) is 12.0 Å². The highest BCUT2D eigenvalue weighted by Crippen LogP contribution is 2.13. The zero-order valence-electron chi connectivity index (χ0n) is 8.18. The standard InChI is InChI=1S/C9H15ClN2O2/c1-12-9(6-8(10)11)14-7-2-4-13-5-3-7/h6-7,11-12H,2-5H2,1H3/b9-6+,11-8?. The van der Waals surface area contributed by atoms with Gasteiger partial charge in [0.1, 0.15) is 11.3 Å². The molecular formula is C9H15ClN2O2. The van der Waals surface area contributed by atoms with E-state index in [1.807, 2.05) is 0 Å². The van der Waals surface area contributed by atoms with Crippen molar-refractivity contribution < 1.29 is 9.47 Å². The predicted octanol–water partition coefficient (Wildman–Crippen LogP) is 1.46. The molecule has 0 aromatic heterocycles. The molecule has 1 aliphatic rings. The van der Waals surface area contributed by atoms with Crippen molar-refractivity contribution in [2.24, 2.45) is 0 Å². The first-order chi connectivity index (χ1) is 6.72. The van der Waals surface area contributed by atoms with Crippen LogP contribution in [0.4, 0.5) is 0 Å². The average Bonchev–Trinajstić information content (AvgIpc) is 2.17. The highest BCUT2D eigenvalue weighted by atomic mass is 35.5. The number of hydrogen-bond acceptors (Lipinski definition) is 4. The quantitative estimate of drug-likeness (QED) is 0.555. The molecule has 0 atom stereocenters. The van der Waals surface area contributed by atoms with Gasteiger partial charge in [0.15, 0.2) is 5.88 Å². The Morgan fingerprint density at radius 2 is 2.21 bits per heavy atom. The van der Waals surface area contributed by atoms with Crippen LogP contribution in [0.25, 0.3) is 0 Å². The summed E-state index contributed by atoms with van der Waals surface area (Å²) in [6.45, 7) is 1.47. The van der Waals surface area contributed by atoms with E-state index in [4.69, 9.17) is 26.5 Å². The summed E-state index contributed by atoms with van der Waals surface area (Å²) in [5.74, 6) is 0.539. The van der Waals surface area contributed by atoms with Crippen molar-refractivity contribution in [1.29, 1.82) is 5.41 Å². The van der Waals surface area contributed by atoms with E-state index in [0.29, 0.717) is 5.88 Å². The molecule has 14 heavy (non-hydrogen) atoms. The van der Waals surface area contributed by atoms with Crippen LogP contribution in [0.2, 0.25) is 0 Å². The molecule has 0 spiro atoms. The van der Waals surface area contributed by atoms with Gasteiger partial charge in [-0.05, 0) is 0 Å². The molecule has 80 valence electrons. The summed E-state index contributed by atoms with van der Waals surface area (Å²) in [5.41, 5.74) is 0. The second kappa shape index (κ2) is 5.88. The van der Waals surface area contributed by atoms with Crippen LogP contribution in [0, 0.1) is 5.41 Å². The zero-order chi connectivity index (χ0) is 10.4. The van der Waals surface area contributed by atoms with Crippen LogP contribution >= 0.6 is 11.6 Å². The van der Waals surface area contributed by atoms with Gasteiger partial charge in [-0.25, -0.2) is 0 Å². The SMILES string of the molecule is CN/C(=C\C(=N)Cl)OC1CCOCC1. The molecule has 0 amide bonds. The third-order valence-electron chi connectivity index (χ3n) is 1.97. The minimum atomic E-state index is -0.0404. The van der Waals surface area contributed by atoms with E-state index in [9.17, 15) is 0 Å². The minimum Gasteiger partial charge on any atom is -0.476 e. The van der Waals surface area contributed by atoms with Crippen molar-refractivity contribution in [2.45, 2.75) is 18.9 Å². The highest BCUT2D eigenvalue weighted by molar-refractivity contribution is 6.67. The Bertz CT molecular complexity index is 225. The minimum absolute atomic E-state index is 0.0404. The van der Waals surface area contributed by atoms with Gasteiger partial charge in [-0.15, -0.1) is 0 Å². The molecule has 2 N–H and O–H groups in total. The molecule has 1 aliphatic heterocycles. The lowest BCUT2D eigenvalue weighted by molar-refractivity contribution is -0.00784. The highest BCUT2D eigenvalue weighted by Gasteiger charge is 2.15. The van der Waals surface area contributed by atoms with E-state index in [1.165, 1.54) is 6.08 Å². The number of allylic oxidation sites excluding steroid dienone is 1. The Balaban J connectivity index is 2.42. The summed E-state index contributed by atoms with van der Waals surface area (Å²) in [5, 5.41) is 9.90. The second-order valence-electron chi connectivity index (χ2n) is 3.04. The summed E-state index contributed by atoms with van der Waals surface area (Å²) in [4.78, 5) is 0. The predicted molar refractivity (Wildman–Crippen MR) is 55.6 cm³/mol. The van der Waals surface area contributed by atoms with Gasteiger partial charge in [0.05, 0.1) is 13.2 Å². The van der Waals surface area contributed by atoms with E-state index in [0.717, 1.165) is 26.1 Å². The first kappa shape index (κ1) is 11.3. The number of rotatable bonds is 4. The lowest BCUT2D eigenvalue weighted by atomic mass is 10.2. The van der Waals surface area contributed by atoms with Crippen molar-refractivity contribution in [2.75, 3.05) is 20.3 Å². The van der Waals surface area contributed by atoms with E-state index >= 15 is 0 Å². The molecule has 0 saturated carbocycles. The number of ether oxygens (including phenoxy) is 2. The smallest absolute Gasteiger partial charge is 0.189 e. The Labute approximate surface area is 88.7 Å². The monoisotopic (exact) mass is 218 g/mol. The molecule has 1 heterocycles. The van der Waals surface area contributed by atoms with E-state index in [1.54, 1.807) is 7.05 Å². The third-order valence-corrected chi connectivity index (χ3v) is 2.08. The van der Waals surface area contributed by atoms with Crippen LogP contribution in [0.3, 0.4) is 0 Å². The first-order valence-electron chi connectivity index (χ1n) is 4.60. The lowest BCUT2D eigenvalue weighted by Gasteiger charge is -2.24. The van der Waals surface area contributed by atoms with Crippen molar-refractivity contribution in [1.82, 2.24) is 5.32 Å². The molecule has 1 saturated heterocycles. The molecule has 0 unspecified atom stereocenters. The molecule has 0 bridgehead atoms. The van der Waals surface area contributed by atoms with Gasteiger partial charge >= 0.3 is 0 Å². The molecule has 0 aromatic rings. The van der Waals surface area contributed by atoms with Crippen LogP contribution in [0.5, 0.6) is 0 Å². The van der Waals surface area contributed by atoms with E-state index in [-0.39, 0.29) is 11.3 Å². The van der Waals surface area contributed by atoms with Crippen LogP contribution in [0.1, 0.15) is 12.8 Å². The lowest BCUT2D eigenvalue weighted by Crippen LogP contribution is -2.26. The van der Waals surface area contributed by atoms with Gasteiger partial charge in [-0.2, -0.15) is 0 Å². The molecule has 1 rings (SSSR count). The molecule has 0 aromatic carbocycles. The van der Waals surface area contributed by atoms with Crippen molar-refractivity contribution >= 4 is 16.8 Å². The molecule has 4 nitrogen and oxygen atoms in total. The van der Waals surface area contributed by atoms with Gasteiger partial charge < -0.3 is 14.8 Å². The number of halogens is 1. The van der Waals surface area contributed by atoms with Gasteiger partial charge in [0.2, 0.25) is 0 Å². The maximum absolute atomic E-state index is 7.09. The van der Waals surface area contributed by atoms with E-state index < -0.39 is 0 Å². The maximum Gasteiger partial charge on any atom is 0.189 e. The topological polar surface area (TPSA) is 54.3 Å². The average molecular weight is 219 g/mol. The van der Waals surface area contributed by atoms with Gasteiger partial charge in [0.25, 0.3) is 0 Å². The summed E-state index contributed by atoms with van der Waals surface area (Å²) in [6, 6.07) is 0. The normalized spacial score (nSPS) is 19.1. The Kier molecular flexibility index (Phi) is 4.76. The Hall–Kier alpha value is -0.740. The van der Waals surface area contributed by atoms with Crippen molar-refractivity contribution in [3.63, 3.8) is 0 Å². The maximum atomic E-state index is 7.09. The van der Waals surface area contributed by atoms with Gasteiger partial charge in [-0.3, -0.25) is 5.41 Å². The zero-order valence-corrected chi connectivity index (χ0v) is 8.93. The largest absolute Gasteiger partial charge is 0.476 e. The molecule has 1 fully saturated rings. The Morgan fingerprint density at radius 1 is 1.57 bits per heavy atom. The number of nitrogens with one attached hydrogen (secondary N) is 2. The van der Waals surface area contributed by atoms with E-state index in [2.05, 4.69) is 5.32 Å². The van der Waals surface area contributed by atoms with Gasteiger partial charge in [0, 0.05) is 26.0 Å². The third kappa shape index (κ3) is 3.98. The Morgan fingerprint density at radius 3 is 2.71 bits per heavy atom. The molecular weight excluding hydrogens is 204 g/mol. The fraction of sp³-hybridized carbons (Fsp3) is 0.667. The summed E-state index contributed by atoms with van der Waals surface area (Å²) in [7, 11) is 1.74. The van der Waals surface area contributed by atoms with Crippen LogP contribution in [-0.4, -0.2) is 31.5 Å². The fourth-order valence-corrected chi connectivity index (χ4v) is 1.35. The van der Waals surface area contributed by atoms with Crippen LogP contribution < -0.4 is 5.32 Å². The second-order valence-corrected chi connectivity index (χ2v) is 3.44. The number of hydrogen-bond donors (Lipinski definition) is 2. The fourth-order valence-electron chi connectivity index (χ4n) is 1.25. The van der Waals surface area contributed by atoms with Crippen molar-refractivity contribution in [3.05, 3.63) is 12.0 Å². The molecule has 5 heteroatoms. The molecule has 0 aliphatic carbocycles. The van der Waals surface area contributed by atoms with Crippen molar-refractivity contribution in [3.8, 4) is 0 Å². The summed E-state index contributed by atoms with van der Waals surface area (Å²) in [6.07, 6.45) is 3.39. The van der Waals surface area contributed by atoms with Crippen LogP contribution in [-0.2, 0) is 9.47 Å². The first-order valence-corrected chi connectivity index (χ1v) is 4.98. The summed E-state index contributed by atoms with van der Waals surface area (Å²) < 4.78 is 10.8. The summed E-state index contributed by atoms with van der Waals surface area (Å²) >= 11 is 5.43.